The van der Waals surface area contributed by atoms with E-state index in [1.165, 1.54) is 70.6 Å². The Morgan fingerprint density at radius 3 is 1.19 bits per heavy atom. The third kappa shape index (κ3) is 41.8. The maximum absolute atomic E-state index is 4.97. The second-order valence-corrected chi connectivity index (χ2v) is 24.9. The van der Waals surface area contributed by atoms with Crippen molar-refractivity contribution in [2.24, 2.45) is 101 Å². The molecule has 11 atom stereocenters. The van der Waals surface area contributed by atoms with Gasteiger partial charge in [0, 0.05) is 241 Å². The first-order valence-electron chi connectivity index (χ1n) is 29.2. The van der Waals surface area contributed by atoms with Crippen LogP contribution in [0.5, 0.6) is 0 Å². The number of rotatable bonds is 7. The molecule has 11 unspecified atom stereocenters. The van der Waals surface area contributed by atoms with Crippen LogP contribution in [0, 0.1) is 121 Å². The maximum atomic E-state index is 4.97. The number of fused-ring (bicyclic) bond motifs is 4. The van der Waals surface area contributed by atoms with E-state index in [1.54, 1.807) is 102 Å². The molecule has 0 aromatic carbocycles. The number of hydrogen-bond acceptors (Lipinski definition) is 0. The van der Waals surface area contributed by atoms with Crippen molar-refractivity contribution in [3.63, 3.8) is 0 Å². The second-order valence-electron chi connectivity index (χ2n) is 24.9. The molecule has 0 saturated heterocycles. The van der Waals surface area contributed by atoms with E-state index in [4.69, 9.17) is 6.58 Å². The van der Waals surface area contributed by atoms with Crippen molar-refractivity contribution in [2.75, 3.05) is 0 Å². The molecule has 8 saturated carbocycles. The summed E-state index contributed by atoms with van der Waals surface area (Å²) in [6, 6.07) is 0. The smallest absolute Gasteiger partial charge is 0 e. The van der Waals surface area contributed by atoms with Crippen molar-refractivity contribution in [1.82, 2.24) is 0 Å². The molecular formula is C64H115V13-3. The van der Waals surface area contributed by atoms with E-state index in [1.807, 2.05) is 20.3 Å². The Morgan fingerprint density at radius 1 is 0.442 bits per heavy atom. The van der Waals surface area contributed by atoms with Crippen molar-refractivity contribution in [2.45, 2.75) is 256 Å². The zero-order chi connectivity index (χ0) is 47.0. The van der Waals surface area contributed by atoms with Crippen molar-refractivity contribution >= 4 is 0 Å². The third-order valence-corrected chi connectivity index (χ3v) is 18.9. The van der Waals surface area contributed by atoms with Gasteiger partial charge < -0.3 is 19.9 Å². The van der Waals surface area contributed by atoms with Crippen molar-refractivity contribution < 1.29 is 241 Å². The quantitative estimate of drug-likeness (QED) is 0.223. The van der Waals surface area contributed by atoms with Crippen molar-refractivity contribution in [3.8, 4) is 0 Å². The summed E-state index contributed by atoms with van der Waals surface area (Å²) >= 11 is 0. The summed E-state index contributed by atoms with van der Waals surface area (Å²) < 4.78 is 0. The summed E-state index contributed by atoms with van der Waals surface area (Å²) in [6.07, 6.45) is 50.1. The Morgan fingerprint density at radius 2 is 0.792 bits per heavy atom. The molecule has 0 nitrogen and oxygen atoms in total. The molecule has 0 heterocycles. The summed E-state index contributed by atoms with van der Waals surface area (Å²) in [4.78, 5) is 0. The number of hydrogen-bond donors (Lipinski definition) is 0. The fraction of sp³-hybridized carbons (Fsp3) is 0.875. The molecule has 0 aromatic rings. The Bertz CT molecular complexity index is 1250. The number of allylic oxidation sites excluding steroid dienone is 5. The minimum Gasteiger partial charge on any atom is -0.518 e. The van der Waals surface area contributed by atoms with Gasteiger partial charge in [-0.15, -0.1) is 0 Å². The molecule has 0 aromatic heterocycles. The predicted molar refractivity (Wildman–Crippen MR) is 288 cm³/mol. The van der Waals surface area contributed by atoms with E-state index in [2.05, 4.69) is 94.4 Å². The zero-order valence-electron chi connectivity index (χ0n) is 51.4. The predicted octanol–water partition coefficient (Wildman–Crippen LogP) is 20.8. The van der Waals surface area contributed by atoms with Gasteiger partial charge in [-0.2, -0.15) is 20.3 Å². The summed E-state index contributed by atoms with van der Waals surface area (Å²) in [7, 11) is 0. The van der Waals surface area contributed by atoms with Crippen LogP contribution in [0.15, 0.2) is 29.9 Å². The molecule has 439 valence electrons. The Kier molecular flexibility index (Phi) is 90.6. The second kappa shape index (κ2) is 64.4. The molecule has 0 spiro atoms. The largest absolute Gasteiger partial charge is 0.518 e. The summed E-state index contributed by atoms with van der Waals surface area (Å²) in [6.45, 7) is 36.3. The zero-order valence-corrected chi connectivity index (χ0v) is 69.5. The molecule has 0 aliphatic heterocycles. The minimum absolute atomic E-state index is 0. The Hall–Kier alpha value is 6.82. The fourth-order valence-electron chi connectivity index (χ4n) is 14.9. The van der Waals surface area contributed by atoms with Gasteiger partial charge in [0.05, 0.1) is 0 Å². The summed E-state index contributed by atoms with van der Waals surface area (Å²) in [5.41, 5.74) is 1.56. The topological polar surface area (TPSA) is 0 Å². The first kappa shape index (κ1) is 108. The fourth-order valence-corrected chi connectivity index (χ4v) is 14.9. The van der Waals surface area contributed by atoms with Crippen LogP contribution in [-0.2, 0) is 241 Å². The Labute approximate surface area is 639 Å². The Balaban J connectivity index is -0.0000000732. The van der Waals surface area contributed by atoms with Crippen LogP contribution in [0.25, 0.3) is 0 Å². The van der Waals surface area contributed by atoms with Crippen molar-refractivity contribution in [3.05, 3.63) is 49.8 Å². The van der Waals surface area contributed by atoms with Crippen LogP contribution in [0.1, 0.15) is 256 Å². The molecule has 0 N–H and O–H groups in total. The van der Waals surface area contributed by atoms with E-state index in [0.717, 1.165) is 113 Å². The molecule has 8 fully saturated rings. The maximum Gasteiger partial charge on any atom is 0 e. The average Bonchev–Trinajstić information content (AvgIpc) is 4.14. The van der Waals surface area contributed by atoms with E-state index >= 15 is 0 Å². The van der Waals surface area contributed by atoms with Crippen LogP contribution in [-0.4, -0.2) is 0 Å². The van der Waals surface area contributed by atoms with Gasteiger partial charge in [0.1, 0.15) is 0 Å². The van der Waals surface area contributed by atoms with Gasteiger partial charge >= 0.3 is 0 Å². The van der Waals surface area contributed by atoms with Crippen LogP contribution < -0.4 is 0 Å². The molecule has 9 aliphatic carbocycles. The molecule has 13 radical (unpaired) electrons. The van der Waals surface area contributed by atoms with Gasteiger partial charge in [-0.3, -0.25) is 6.08 Å². The van der Waals surface area contributed by atoms with E-state index < -0.39 is 0 Å². The molecule has 9 aliphatic rings. The molecular weight excluding hydrogens is 1430 g/mol. The van der Waals surface area contributed by atoms with Crippen LogP contribution in [0.4, 0.5) is 0 Å². The standard InChI is InChI=1S/4C12H22.C8H12.C5H8.C3H7.13V/c1-9(2)11-7-3-5-10-6-4-8-12(10)11;1-9(2)11-7-6-10-4-3-5-12(10)8-11;1-9(2)12-7-10-5-3-4-6-11(10)8-12;1-9(2)11-8-7-10-5-3-4-6-12(10)11;1-7(2)8-5-3-4-6-8;1-3-5-4-2;1-3-2;;;;;;;;;;;;;/h4*9-12H,3-8H2,1-2H3;3-5,7H,6H2,1-2H3;1,3H,2,4-5H2;3H,1-2H3;;;;;;;;;;;;;/q;;;;;-2;-1;;;;;;;;;;;;;. The average molecular weight is 1550 g/mol. The minimum atomic E-state index is 0. The monoisotopic (exact) mass is 1550 g/mol. The normalized spacial score (nSPS) is 28.6. The molecule has 13 heteroatoms. The van der Waals surface area contributed by atoms with E-state index in [9.17, 15) is 0 Å². The van der Waals surface area contributed by atoms with E-state index in [-0.39, 0.29) is 241 Å². The van der Waals surface area contributed by atoms with Gasteiger partial charge in [0.25, 0.3) is 0 Å². The molecule has 0 amide bonds. The first-order chi connectivity index (χ1) is 30.8. The van der Waals surface area contributed by atoms with Crippen molar-refractivity contribution in [1.29, 1.82) is 0 Å². The molecule has 0 bridgehead atoms. The van der Waals surface area contributed by atoms with Gasteiger partial charge in [0.2, 0.25) is 0 Å². The van der Waals surface area contributed by atoms with Gasteiger partial charge in [-0.05, 0) is 171 Å². The molecule has 77 heavy (non-hydrogen) atoms. The van der Waals surface area contributed by atoms with Gasteiger partial charge in [0.15, 0.2) is 0 Å². The first-order valence-corrected chi connectivity index (χ1v) is 29.2. The number of unbranched alkanes of at least 4 members (excludes halogenated alkanes) is 1. The van der Waals surface area contributed by atoms with Crippen LogP contribution >= 0.6 is 0 Å². The molecule has 9 rings (SSSR count). The van der Waals surface area contributed by atoms with Crippen LogP contribution in [0.3, 0.4) is 0 Å². The third-order valence-electron chi connectivity index (χ3n) is 18.9. The summed E-state index contributed by atoms with van der Waals surface area (Å²) in [5.74, 6) is 17.8. The summed E-state index contributed by atoms with van der Waals surface area (Å²) in [5, 5.41) is 0. The van der Waals surface area contributed by atoms with Gasteiger partial charge in [-0.1, -0.05) is 189 Å². The van der Waals surface area contributed by atoms with E-state index in [0.29, 0.717) is 0 Å². The van der Waals surface area contributed by atoms with Crippen LogP contribution in [0.2, 0.25) is 0 Å². The SMILES string of the molecule is CC(C)C1=CC=CC1.CC(C)C1CC2CCCCC2C1.CC(C)C1CCC2CCCC2C1.CC(C)C1CCC2CCCCC21.CC(C)C1CCCC2CCCC21.C[CH-]C.[CH-]=CCC[CH2-].[V].[V].[V].[V].[V].[V].[V].[V].[V].[V].[V].[V].[V]. The van der Waals surface area contributed by atoms with Gasteiger partial charge in [-0.25, -0.2) is 0 Å².